The molecule has 1 aromatic carbocycles. The van der Waals surface area contributed by atoms with Gasteiger partial charge in [0.05, 0.1) is 5.69 Å². The Kier molecular flexibility index (Phi) is 6.09. The van der Waals surface area contributed by atoms with Crippen LogP contribution >= 0.6 is 0 Å². The van der Waals surface area contributed by atoms with Crippen molar-refractivity contribution in [2.75, 3.05) is 11.1 Å². The number of halogens is 3. The van der Waals surface area contributed by atoms with Gasteiger partial charge in [0.25, 0.3) is 5.91 Å². The summed E-state index contributed by atoms with van der Waals surface area (Å²) in [6, 6.07) is 11.2. The largest absolute Gasteiger partial charge is 0.435 e. The Balaban J connectivity index is 1.76. The molecule has 0 unspecified atom stereocenters. The summed E-state index contributed by atoms with van der Waals surface area (Å²) < 4.78 is 39.7. The number of nitrogens with one attached hydrogen (secondary N) is 1. The van der Waals surface area contributed by atoms with Crippen LogP contribution in [0.15, 0.2) is 42.5 Å². The van der Waals surface area contributed by atoms with Gasteiger partial charge in [0, 0.05) is 18.2 Å². The minimum atomic E-state index is -4.56. The van der Waals surface area contributed by atoms with Crippen molar-refractivity contribution in [1.82, 2.24) is 14.8 Å². The third-order valence-corrected chi connectivity index (χ3v) is 4.65. The summed E-state index contributed by atoms with van der Waals surface area (Å²) >= 11 is 0. The third-order valence-electron chi connectivity index (χ3n) is 4.65. The molecule has 0 aliphatic carbocycles. The second kappa shape index (κ2) is 8.56. The van der Waals surface area contributed by atoms with Crippen LogP contribution in [0.5, 0.6) is 0 Å². The van der Waals surface area contributed by atoms with Crippen molar-refractivity contribution < 1.29 is 18.0 Å². The molecule has 3 N–H and O–H groups in total. The molecule has 9 heteroatoms. The normalized spacial score (nSPS) is 11.5. The zero-order valence-electron chi connectivity index (χ0n) is 16.6. The lowest BCUT2D eigenvalue weighted by Gasteiger charge is -2.09. The monoisotopic (exact) mass is 417 g/mol. The number of hydrogen-bond donors (Lipinski definition) is 2. The fourth-order valence-electron chi connectivity index (χ4n) is 3.01. The Labute approximate surface area is 171 Å². The van der Waals surface area contributed by atoms with Gasteiger partial charge in [0.1, 0.15) is 11.6 Å². The summed E-state index contributed by atoms with van der Waals surface area (Å²) in [5.41, 5.74) is 7.02. The molecular formula is C21H22F3N5O. The topological polar surface area (TPSA) is 85.8 Å². The molecule has 3 rings (SSSR count). The maximum atomic E-state index is 12.9. The number of rotatable bonds is 6. The smallest absolute Gasteiger partial charge is 0.383 e. The van der Waals surface area contributed by atoms with Gasteiger partial charge in [-0.2, -0.15) is 18.3 Å². The lowest BCUT2D eigenvalue weighted by atomic mass is 10.1. The number of carbonyl (C=O) groups excluding carboxylic acids is 1. The summed E-state index contributed by atoms with van der Waals surface area (Å²) in [5, 5.41) is 6.13. The molecule has 1 amide bonds. The molecule has 0 fully saturated rings. The summed E-state index contributed by atoms with van der Waals surface area (Å²) in [7, 11) is 1.39. The number of benzene rings is 1. The number of nitrogens with zero attached hydrogens (tertiary/aromatic N) is 3. The van der Waals surface area contributed by atoms with Crippen molar-refractivity contribution in [3.8, 4) is 11.3 Å². The number of alkyl halides is 3. The van der Waals surface area contributed by atoms with Crippen molar-refractivity contribution >= 4 is 17.5 Å². The minimum absolute atomic E-state index is 0.0144. The van der Waals surface area contributed by atoms with Gasteiger partial charge in [-0.25, -0.2) is 4.98 Å². The van der Waals surface area contributed by atoms with Crippen molar-refractivity contribution in [3.05, 3.63) is 59.3 Å². The van der Waals surface area contributed by atoms with Crippen molar-refractivity contribution in [2.45, 2.75) is 32.4 Å². The van der Waals surface area contributed by atoms with Crippen LogP contribution in [0.3, 0.4) is 0 Å². The summed E-state index contributed by atoms with van der Waals surface area (Å²) in [6.07, 6.45) is -1.41. The van der Waals surface area contributed by atoms with E-state index in [2.05, 4.69) is 22.3 Å². The summed E-state index contributed by atoms with van der Waals surface area (Å²) in [5.74, 6) is -0.162. The van der Waals surface area contributed by atoms with E-state index in [9.17, 15) is 18.0 Å². The summed E-state index contributed by atoms with van der Waals surface area (Å²) in [4.78, 5) is 16.6. The molecule has 158 valence electrons. The van der Waals surface area contributed by atoms with Crippen molar-refractivity contribution in [2.24, 2.45) is 7.05 Å². The Morgan fingerprint density at radius 3 is 2.43 bits per heavy atom. The van der Waals surface area contributed by atoms with Crippen molar-refractivity contribution in [3.63, 3.8) is 0 Å². The fourth-order valence-corrected chi connectivity index (χ4v) is 3.01. The number of unbranched alkanes of at least 4 members (excludes halogenated alkanes) is 1. The van der Waals surface area contributed by atoms with Gasteiger partial charge >= 0.3 is 6.18 Å². The van der Waals surface area contributed by atoms with Crippen molar-refractivity contribution in [1.29, 1.82) is 0 Å². The Bertz CT molecular complexity index is 1040. The van der Waals surface area contributed by atoms with E-state index >= 15 is 0 Å². The molecule has 30 heavy (non-hydrogen) atoms. The number of aryl methyl sites for hydroxylation is 2. The quantitative estimate of drug-likeness (QED) is 0.610. The van der Waals surface area contributed by atoms with Gasteiger partial charge in [-0.3, -0.25) is 9.48 Å². The molecule has 2 aromatic heterocycles. The molecule has 2 heterocycles. The number of amides is 1. The fraction of sp³-hybridized carbons (Fsp3) is 0.286. The first kappa shape index (κ1) is 21.4. The van der Waals surface area contributed by atoms with Gasteiger partial charge in [-0.05, 0) is 48.7 Å². The van der Waals surface area contributed by atoms with E-state index in [1.165, 1.54) is 19.2 Å². The lowest BCUT2D eigenvalue weighted by molar-refractivity contribution is -0.141. The van der Waals surface area contributed by atoms with E-state index in [0.29, 0.717) is 11.1 Å². The predicted molar refractivity (Wildman–Crippen MR) is 109 cm³/mol. The van der Waals surface area contributed by atoms with Gasteiger partial charge in [-0.15, -0.1) is 0 Å². The highest BCUT2D eigenvalue weighted by molar-refractivity contribution is 6.04. The standard InChI is InChI=1S/C21H22F3N5O/c1-3-4-5-13-6-8-14(9-7-13)20(30)27-18-11-10-15(19(25)26-18)16-12-17(21(22,23)24)28-29(16)2/h6-12H,3-5H2,1-2H3,(H3,25,26,27,30). The van der Waals surface area contributed by atoms with E-state index in [1.54, 1.807) is 12.1 Å². The maximum absolute atomic E-state index is 12.9. The average Bonchev–Trinajstić information content (AvgIpc) is 3.09. The third kappa shape index (κ3) is 4.79. The molecule has 0 aliphatic rings. The van der Waals surface area contributed by atoms with Crippen LogP contribution in [-0.4, -0.2) is 20.7 Å². The maximum Gasteiger partial charge on any atom is 0.435 e. The number of aromatic nitrogens is 3. The molecule has 0 bridgehead atoms. The van der Waals surface area contributed by atoms with E-state index in [1.807, 2.05) is 12.1 Å². The number of anilines is 2. The highest BCUT2D eigenvalue weighted by Crippen LogP contribution is 2.33. The number of nitrogens with two attached hydrogens (primary N) is 1. The summed E-state index contributed by atoms with van der Waals surface area (Å²) in [6.45, 7) is 2.12. The Morgan fingerprint density at radius 1 is 1.17 bits per heavy atom. The van der Waals surface area contributed by atoms with Crippen LogP contribution in [0, 0.1) is 0 Å². The lowest BCUT2D eigenvalue weighted by Crippen LogP contribution is -2.13. The number of carbonyl (C=O) groups is 1. The van der Waals surface area contributed by atoms with Crippen LogP contribution in [0.25, 0.3) is 11.3 Å². The minimum Gasteiger partial charge on any atom is -0.383 e. The molecule has 0 aliphatic heterocycles. The van der Waals surface area contributed by atoms with Gasteiger partial charge < -0.3 is 11.1 Å². The molecule has 0 atom stereocenters. The molecular weight excluding hydrogens is 395 g/mol. The number of pyridine rings is 1. The second-order valence-corrected chi connectivity index (χ2v) is 6.92. The highest BCUT2D eigenvalue weighted by Gasteiger charge is 2.35. The molecule has 0 spiro atoms. The molecule has 6 nitrogen and oxygen atoms in total. The van der Waals surface area contributed by atoms with Gasteiger partial charge in [0.2, 0.25) is 0 Å². The molecule has 0 saturated carbocycles. The van der Waals surface area contributed by atoms with E-state index in [0.717, 1.165) is 35.6 Å². The predicted octanol–water partition coefficient (Wildman–Crippen LogP) is 4.68. The number of nitrogen functional groups attached to an aromatic ring is 1. The van der Waals surface area contributed by atoms with E-state index in [-0.39, 0.29) is 23.2 Å². The van der Waals surface area contributed by atoms with Crippen LogP contribution < -0.4 is 11.1 Å². The zero-order chi connectivity index (χ0) is 21.9. The Morgan fingerprint density at radius 2 is 1.87 bits per heavy atom. The molecule has 0 saturated heterocycles. The van der Waals surface area contributed by atoms with Crippen LogP contribution in [0.2, 0.25) is 0 Å². The van der Waals surface area contributed by atoms with E-state index < -0.39 is 11.9 Å². The van der Waals surface area contributed by atoms with Gasteiger partial charge in [0.15, 0.2) is 5.69 Å². The van der Waals surface area contributed by atoms with Crippen LogP contribution in [-0.2, 0) is 19.6 Å². The second-order valence-electron chi connectivity index (χ2n) is 6.92. The number of hydrogen-bond acceptors (Lipinski definition) is 4. The first-order valence-electron chi connectivity index (χ1n) is 9.47. The highest BCUT2D eigenvalue weighted by atomic mass is 19.4. The Hall–Kier alpha value is -3.36. The zero-order valence-corrected chi connectivity index (χ0v) is 16.6. The SMILES string of the molecule is CCCCc1ccc(C(=O)Nc2ccc(-c3cc(C(F)(F)F)nn3C)c(N)n2)cc1. The van der Waals surface area contributed by atoms with Gasteiger partial charge in [-0.1, -0.05) is 25.5 Å². The molecule has 0 radical (unpaired) electrons. The van der Waals surface area contributed by atoms with E-state index in [4.69, 9.17) is 5.73 Å². The van der Waals surface area contributed by atoms with Crippen LogP contribution in [0.4, 0.5) is 24.8 Å². The average molecular weight is 417 g/mol. The van der Waals surface area contributed by atoms with Crippen LogP contribution in [0.1, 0.15) is 41.4 Å². The first-order chi connectivity index (χ1) is 14.2. The molecule has 3 aromatic rings. The first-order valence-corrected chi connectivity index (χ1v) is 9.47.